The van der Waals surface area contributed by atoms with Crippen LogP contribution in [0.1, 0.15) is 21.5 Å². The minimum atomic E-state index is -0.596. The lowest BCUT2D eigenvalue weighted by Gasteiger charge is -2.06. The maximum Gasteiger partial charge on any atom is 0.257 e. The summed E-state index contributed by atoms with van der Waals surface area (Å²) in [6.45, 7) is -0.302. The molecular weight excluding hydrogens is 372 g/mol. The summed E-state index contributed by atoms with van der Waals surface area (Å²) in [6, 6.07) is 11.4. The second-order valence-electron chi connectivity index (χ2n) is 6.43. The number of benzene rings is 2. The molecule has 2 aromatic carbocycles. The Balaban J connectivity index is 1.79. The minimum Gasteiger partial charge on any atom is -0.506 e. The van der Waals surface area contributed by atoms with E-state index in [-0.39, 0.29) is 23.8 Å². The molecule has 0 bridgehead atoms. The molecule has 0 atom stereocenters. The highest BCUT2D eigenvalue weighted by Gasteiger charge is 2.26. The van der Waals surface area contributed by atoms with E-state index in [1.54, 1.807) is 42.6 Å². The molecule has 0 saturated carbocycles. The maximum absolute atomic E-state index is 12.5. The standard InChI is InChI=1S/C21H16N4O4/c22-10-18(27)25-20(28)12-3-5-16-14(9-12)15(21(29)24-16)8-11-4-6-17(26)19-13(11)2-1-7-23-19/h1-9,26H,10,22H2,(H,24,29)(H,25,27,28). The minimum absolute atomic E-state index is 0.0440. The second-order valence-corrected chi connectivity index (χ2v) is 6.43. The van der Waals surface area contributed by atoms with E-state index in [2.05, 4.69) is 15.6 Å². The lowest BCUT2D eigenvalue weighted by Crippen LogP contribution is -2.35. The maximum atomic E-state index is 12.5. The van der Waals surface area contributed by atoms with Crippen molar-refractivity contribution in [2.75, 3.05) is 11.9 Å². The molecule has 8 nitrogen and oxygen atoms in total. The lowest BCUT2D eigenvalue weighted by molar-refractivity contribution is -0.118. The third-order valence-corrected chi connectivity index (χ3v) is 4.59. The number of nitrogens with zero attached hydrogens (tertiary/aromatic N) is 1. The van der Waals surface area contributed by atoms with Crippen LogP contribution in [-0.2, 0) is 9.59 Å². The first-order valence-electron chi connectivity index (χ1n) is 8.76. The average molecular weight is 388 g/mol. The summed E-state index contributed by atoms with van der Waals surface area (Å²) >= 11 is 0. The van der Waals surface area contributed by atoms with Gasteiger partial charge in [-0.25, -0.2) is 0 Å². The van der Waals surface area contributed by atoms with Gasteiger partial charge in [0.25, 0.3) is 11.8 Å². The van der Waals surface area contributed by atoms with Gasteiger partial charge in [-0.3, -0.25) is 24.7 Å². The van der Waals surface area contributed by atoms with E-state index in [0.717, 1.165) is 0 Å². The predicted molar refractivity (Wildman–Crippen MR) is 108 cm³/mol. The number of pyridine rings is 1. The van der Waals surface area contributed by atoms with Crippen molar-refractivity contribution in [2.24, 2.45) is 5.73 Å². The van der Waals surface area contributed by atoms with Crippen molar-refractivity contribution < 1.29 is 19.5 Å². The monoisotopic (exact) mass is 388 g/mol. The number of fused-ring (bicyclic) bond motifs is 2. The number of imide groups is 1. The third-order valence-electron chi connectivity index (χ3n) is 4.59. The summed E-state index contributed by atoms with van der Waals surface area (Å²) in [4.78, 5) is 40.3. The molecule has 0 spiro atoms. The zero-order chi connectivity index (χ0) is 20.5. The summed E-state index contributed by atoms with van der Waals surface area (Å²) in [6.07, 6.45) is 3.25. The summed E-state index contributed by atoms with van der Waals surface area (Å²) < 4.78 is 0. The van der Waals surface area contributed by atoms with Crippen molar-refractivity contribution in [3.05, 3.63) is 65.4 Å². The van der Waals surface area contributed by atoms with Gasteiger partial charge < -0.3 is 16.2 Å². The number of carbonyl (C=O) groups excluding carboxylic acids is 3. The Labute approximate surface area is 165 Å². The number of phenolic OH excluding ortho intramolecular Hbond substituents is 1. The molecule has 1 aliphatic heterocycles. The molecule has 0 radical (unpaired) electrons. The van der Waals surface area contributed by atoms with Crippen molar-refractivity contribution in [1.82, 2.24) is 10.3 Å². The molecule has 0 fully saturated rings. The highest BCUT2D eigenvalue weighted by Crippen LogP contribution is 2.35. The summed E-state index contributed by atoms with van der Waals surface area (Å²) in [7, 11) is 0. The van der Waals surface area contributed by atoms with E-state index < -0.39 is 11.8 Å². The Morgan fingerprint density at radius 2 is 2.03 bits per heavy atom. The number of anilines is 1. The van der Waals surface area contributed by atoms with Gasteiger partial charge in [0.05, 0.1) is 6.54 Å². The number of hydrogen-bond acceptors (Lipinski definition) is 6. The van der Waals surface area contributed by atoms with Gasteiger partial charge in [-0.15, -0.1) is 0 Å². The van der Waals surface area contributed by atoms with Crippen LogP contribution < -0.4 is 16.4 Å². The third kappa shape index (κ3) is 3.32. The van der Waals surface area contributed by atoms with E-state index in [1.807, 2.05) is 0 Å². The van der Waals surface area contributed by atoms with E-state index in [0.29, 0.717) is 33.3 Å². The molecule has 144 valence electrons. The lowest BCUT2D eigenvalue weighted by atomic mass is 9.99. The number of hydrogen-bond donors (Lipinski definition) is 4. The zero-order valence-electron chi connectivity index (χ0n) is 15.1. The van der Waals surface area contributed by atoms with Gasteiger partial charge in [0.2, 0.25) is 5.91 Å². The first kappa shape index (κ1) is 18.3. The molecule has 1 aromatic heterocycles. The fraction of sp³-hybridized carbons (Fsp3) is 0.0476. The molecule has 3 aromatic rings. The number of rotatable bonds is 3. The number of carbonyl (C=O) groups is 3. The predicted octanol–water partition coefficient (Wildman–Crippen LogP) is 1.65. The number of aromatic hydroxyl groups is 1. The molecule has 0 unspecified atom stereocenters. The highest BCUT2D eigenvalue weighted by atomic mass is 16.3. The SMILES string of the molecule is NCC(=O)NC(=O)c1ccc2c(c1)C(=Cc1ccc(O)c3ncccc13)C(=O)N2. The Morgan fingerprint density at radius 3 is 2.83 bits per heavy atom. The van der Waals surface area contributed by atoms with Crippen LogP contribution in [0.4, 0.5) is 5.69 Å². The van der Waals surface area contributed by atoms with E-state index in [1.165, 1.54) is 12.1 Å². The van der Waals surface area contributed by atoms with Crippen LogP contribution in [0, 0.1) is 0 Å². The van der Waals surface area contributed by atoms with Crippen molar-refractivity contribution in [2.45, 2.75) is 0 Å². The van der Waals surface area contributed by atoms with Crippen molar-refractivity contribution in [1.29, 1.82) is 0 Å². The molecular formula is C21H16N4O4. The fourth-order valence-electron chi connectivity index (χ4n) is 3.18. The molecule has 0 aliphatic carbocycles. The Bertz CT molecular complexity index is 1220. The normalized spacial score (nSPS) is 14.0. The van der Waals surface area contributed by atoms with Crippen LogP contribution in [0.15, 0.2) is 48.7 Å². The Kier molecular flexibility index (Phi) is 4.53. The van der Waals surface area contributed by atoms with Gasteiger partial charge >= 0.3 is 0 Å². The summed E-state index contributed by atoms with van der Waals surface area (Å²) in [5.74, 6) is -1.46. The summed E-state index contributed by atoms with van der Waals surface area (Å²) in [5.41, 5.74) is 8.02. The summed E-state index contributed by atoms with van der Waals surface area (Å²) in [5, 5.41) is 15.6. The molecule has 5 N–H and O–H groups in total. The quantitative estimate of drug-likeness (QED) is 0.504. The van der Waals surface area contributed by atoms with Gasteiger partial charge in [-0.2, -0.15) is 0 Å². The Morgan fingerprint density at radius 1 is 1.21 bits per heavy atom. The molecule has 4 rings (SSSR count). The second kappa shape index (κ2) is 7.17. The van der Waals surface area contributed by atoms with Crippen molar-refractivity contribution >= 4 is 46.0 Å². The van der Waals surface area contributed by atoms with Gasteiger partial charge in [-0.1, -0.05) is 12.1 Å². The number of phenols is 1. The zero-order valence-corrected chi connectivity index (χ0v) is 15.1. The first-order valence-corrected chi connectivity index (χ1v) is 8.76. The number of amides is 3. The van der Waals surface area contributed by atoms with Gasteiger partial charge in [0, 0.05) is 34.0 Å². The molecule has 29 heavy (non-hydrogen) atoms. The van der Waals surface area contributed by atoms with Gasteiger partial charge in [0.15, 0.2) is 0 Å². The van der Waals surface area contributed by atoms with Crippen LogP contribution in [0.2, 0.25) is 0 Å². The van der Waals surface area contributed by atoms with Crippen LogP contribution in [0.25, 0.3) is 22.6 Å². The number of nitrogens with two attached hydrogens (primary N) is 1. The van der Waals surface area contributed by atoms with Crippen LogP contribution in [0.5, 0.6) is 5.75 Å². The van der Waals surface area contributed by atoms with Crippen molar-refractivity contribution in [3.8, 4) is 5.75 Å². The molecule has 8 heteroatoms. The largest absolute Gasteiger partial charge is 0.506 e. The van der Waals surface area contributed by atoms with E-state index >= 15 is 0 Å². The fourth-order valence-corrected chi connectivity index (χ4v) is 3.18. The molecule has 2 heterocycles. The number of nitrogens with one attached hydrogen (secondary N) is 2. The Hall–Kier alpha value is -4.04. The van der Waals surface area contributed by atoms with Crippen molar-refractivity contribution in [3.63, 3.8) is 0 Å². The van der Waals surface area contributed by atoms with Crippen LogP contribution >= 0.6 is 0 Å². The van der Waals surface area contributed by atoms with Gasteiger partial charge in [0.1, 0.15) is 11.3 Å². The topological polar surface area (TPSA) is 134 Å². The molecule has 3 amide bonds. The number of aromatic nitrogens is 1. The van der Waals surface area contributed by atoms with Crippen LogP contribution in [-0.4, -0.2) is 34.4 Å². The molecule has 1 aliphatic rings. The highest BCUT2D eigenvalue weighted by molar-refractivity contribution is 6.35. The van der Waals surface area contributed by atoms with Crippen LogP contribution in [0.3, 0.4) is 0 Å². The average Bonchev–Trinajstić information content (AvgIpc) is 3.04. The van der Waals surface area contributed by atoms with Gasteiger partial charge in [-0.05, 0) is 42.0 Å². The van der Waals surface area contributed by atoms with E-state index in [4.69, 9.17) is 5.73 Å². The van der Waals surface area contributed by atoms with E-state index in [9.17, 15) is 19.5 Å². The smallest absolute Gasteiger partial charge is 0.257 e. The molecule has 0 saturated heterocycles. The first-order chi connectivity index (χ1) is 14.0.